The number of carbonyl (C=O) groups excluding carboxylic acids is 2. The van der Waals surface area contributed by atoms with Crippen LogP contribution in [0, 0.1) is 11.6 Å². The van der Waals surface area contributed by atoms with Crippen LogP contribution in [0.5, 0.6) is 0 Å². The van der Waals surface area contributed by atoms with E-state index in [0.717, 1.165) is 4.90 Å². The maximum Gasteiger partial charge on any atom is 0.256 e. The number of hydrogen-bond donors (Lipinski definition) is 1. The van der Waals surface area contributed by atoms with E-state index in [2.05, 4.69) is 5.32 Å². The van der Waals surface area contributed by atoms with Gasteiger partial charge in [0, 0.05) is 5.69 Å². The third kappa shape index (κ3) is 2.55. The zero-order valence-corrected chi connectivity index (χ0v) is 11.4. The summed E-state index contributed by atoms with van der Waals surface area (Å²) >= 11 is 0. The van der Waals surface area contributed by atoms with Gasteiger partial charge in [-0.1, -0.05) is 18.2 Å². The molecule has 0 radical (unpaired) electrons. The minimum atomic E-state index is -0.839. The van der Waals surface area contributed by atoms with Gasteiger partial charge in [-0.2, -0.15) is 0 Å². The number of nitrogens with one attached hydrogen (secondary N) is 1. The topological polar surface area (TPSA) is 49.4 Å². The van der Waals surface area contributed by atoms with E-state index in [4.69, 9.17) is 0 Å². The lowest BCUT2D eigenvalue weighted by Crippen LogP contribution is -2.35. The summed E-state index contributed by atoms with van der Waals surface area (Å²) in [5.41, 5.74) is 0.322. The molecule has 2 amide bonds. The molecule has 0 aromatic heterocycles. The Morgan fingerprint density at radius 1 is 1.05 bits per heavy atom. The van der Waals surface area contributed by atoms with Gasteiger partial charge in [0.15, 0.2) is 0 Å². The monoisotopic (exact) mass is 302 g/mol. The van der Waals surface area contributed by atoms with Crippen molar-refractivity contribution in [1.29, 1.82) is 0 Å². The van der Waals surface area contributed by atoms with E-state index >= 15 is 0 Å². The van der Waals surface area contributed by atoms with Crippen molar-refractivity contribution in [1.82, 2.24) is 0 Å². The van der Waals surface area contributed by atoms with Gasteiger partial charge < -0.3 is 5.32 Å². The molecule has 4 nitrogen and oxygen atoms in total. The maximum atomic E-state index is 13.8. The normalized spacial score (nSPS) is 17.9. The number of benzene rings is 2. The molecule has 1 N–H and O–H groups in total. The maximum absolute atomic E-state index is 13.8. The molecule has 1 heterocycles. The second-order valence-electron chi connectivity index (χ2n) is 4.93. The van der Waals surface area contributed by atoms with E-state index in [9.17, 15) is 18.4 Å². The zero-order valence-electron chi connectivity index (χ0n) is 11.4. The summed E-state index contributed by atoms with van der Waals surface area (Å²) in [5.74, 6) is -2.15. The van der Waals surface area contributed by atoms with Gasteiger partial charge in [-0.05, 0) is 30.3 Å². The van der Waals surface area contributed by atoms with Crippen LogP contribution < -0.4 is 10.2 Å². The summed E-state index contributed by atoms with van der Waals surface area (Å²) in [4.78, 5) is 25.2. The third-order valence-electron chi connectivity index (χ3n) is 3.41. The van der Waals surface area contributed by atoms with E-state index in [0.29, 0.717) is 5.69 Å². The van der Waals surface area contributed by atoms with Crippen molar-refractivity contribution in [2.24, 2.45) is 0 Å². The Bertz CT molecular complexity index is 748. The van der Waals surface area contributed by atoms with Gasteiger partial charge in [-0.3, -0.25) is 9.59 Å². The van der Waals surface area contributed by atoms with Crippen LogP contribution >= 0.6 is 0 Å². The lowest BCUT2D eigenvalue weighted by molar-refractivity contribution is -0.121. The first-order valence-corrected chi connectivity index (χ1v) is 6.69. The first kappa shape index (κ1) is 14.2. The highest BCUT2D eigenvalue weighted by molar-refractivity contribution is 6.23. The molecule has 2 aromatic carbocycles. The van der Waals surface area contributed by atoms with Crippen molar-refractivity contribution in [3.05, 3.63) is 60.2 Å². The van der Waals surface area contributed by atoms with Gasteiger partial charge in [0.2, 0.25) is 5.91 Å². The molecular weight excluding hydrogens is 290 g/mol. The Labute approximate surface area is 125 Å². The molecule has 0 spiro atoms. The number of anilines is 2. The molecule has 0 bridgehead atoms. The van der Waals surface area contributed by atoms with Crippen LogP contribution in [-0.2, 0) is 9.59 Å². The first-order valence-electron chi connectivity index (χ1n) is 6.69. The molecule has 22 heavy (non-hydrogen) atoms. The number of halogens is 2. The molecule has 0 saturated carbocycles. The highest BCUT2D eigenvalue weighted by Crippen LogP contribution is 2.27. The van der Waals surface area contributed by atoms with E-state index in [1.54, 1.807) is 12.1 Å². The molecule has 112 valence electrons. The van der Waals surface area contributed by atoms with Gasteiger partial charge in [0.25, 0.3) is 5.91 Å². The first-order chi connectivity index (χ1) is 10.6. The predicted octanol–water partition coefficient (Wildman–Crippen LogP) is 2.71. The summed E-state index contributed by atoms with van der Waals surface area (Å²) in [6.45, 7) is 0. The largest absolute Gasteiger partial charge is 0.373 e. The summed E-state index contributed by atoms with van der Waals surface area (Å²) in [7, 11) is 0. The predicted molar refractivity (Wildman–Crippen MR) is 77.3 cm³/mol. The Morgan fingerprint density at radius 3 is 2.55 bits per heavy atom. The highest BCUT2D eigenvalue weighted by Gasteiger charge is 2.40. The number of imide groups is 1. The van der Waals surface area contributed by atoms with E-state index in [-0.39, 0.29) is 12.1 Å². The number of hydrogen-bond acceptors (Lipinski definition) is 3. The van der Waals surface area contributed by atoms with Crippen molar-refractivity contribution in [3.8, 4) is 0 Å². The van der Waals surface area contributed by atoms with Gasteiger partial charge in [-0.15, -0.1) is 0 Å². The Balaban J connectivity index is 1.84. The van der Waals surface area contributed by atoms with Crippen LogP contribution in [0.15, 0.2) is 48.5 Å². The number of rotatable bonds is 3. The summed E-state index contributed by atoms with van der Waals surface area (Å²) in [6, 6.07) is 10.3. The molecule has 1 aliphatic heterocycles. The molecule has 1 fully saturated rings. The number of carbonyl (C=O) groups is 2. The van der Waals surface area contributed by atoms with Gasteiger partial charge >= 0.3 is 0 Å². The molecular formula is C16H12F2N2O2. The van der Waals surface area contributed by atoms with Crippen LogP contribution in [0.3, 0.4) is 0 Å². The standard InChI is InChI=1S/C16H12F2N2O2/c17-10-4-3-5-11(8-10)19-13-9-15(21)20(16(13)22)14-7-2-1-6-12(14)18/h1-8,13,19H,9H2/t13-/m1/s1. The molecule has 1 atom stereocenters. The number of amides is 2. The third-order valence-corrected chi connectivity index (χ3v) is 3.41. The van der Waals surface area contributed by atoms with Crippen molar-refractivity contribution in [3.63, 3.8) is 0 Å². The molecule has 0 unspecified atom stereocenters. The average Bonchev–Trinajstić information content (AvgIpc) is 2.74. The summed E-state index contributed by atoms with van der Waals surface area (Å²) in [6.07, 6.45) is -0.107. The second kappa shape index (κ2) is 5.55. The van der Waals surface area contributed by atoms with Crippen molar-refractivity contribution in [2.75, 3.05) is 10.2 Å². The smallest absolute Gasteiger partial charge is 0.256 e. The molecule has 3 rings (SSSR count). The minimum absolute atomic E-state index is 0.0685. The summed E-state index contributed by atoms with van der Waals surface area (Å²) < 4.78 is 26.9. The molecule has 0 aliphatic carbocycles. The second-order valence-corrected chi connectivity index (χ2v) is 4.93. The number of nitrogens with zero attached hydrogens (tertiary/aromatic N) is 1. The Hall–Kier alpha value is -2.76. The lowest BCUT2D eigenvalue weighted by atomic mass is 10.2. The lowest BCUT2D eigenvalue weighted by Gasteiger charge is -2.16. The fraction of sp³-hybridized carbons (Fsp3) is 0.125. The van der Waals surface area contributed by atoms with Gasteiger partial charge in [0.1, 0.15) is 17.7 Å². The zero-order chi connectivity index (χ0) is 15.7. The Morgan fingerprint density at radius 2 is 1.82 bits per heavy atom. The van der Waals surface area contributed by atoms with E-state index in [1.165, 1.54) is 36.4 Å². The fourth-order valence-corrected chi connectivity index (χ4v) is 2.41. The van der Waals surface area contributed by atoms with Crippen molar-refractivity contribution >= 4 is 23.2 Å². The van der Waals surface area contributed by atoms with Crippen molar-refractivity contribution in [2.45, 2.75) is 12.5 Å². The SMILES string of the molecule is O=C1C[C@@H](Nc2cccc(F)c2)C(=O)N1c1ccccc1F. The van der Waals surface area contributed by atoms with Crippen LogP contribution in [0.1, 0.15) is 6.42 Å². The molecule has 2 aromatic rings. The minimum Gasteiger partial charge on any atom is -0.373 e. The molecule has 6 heteroatoms. The van der Waals surface area contributed by atoms with Crippen LogP contribution in [-0.4, -0.2) is 17.9 Å². The summed E-state index contributed by atoms with van der Waals surface area (Å²) in [5, 5.41) is 2.81. The highest BCUT2D eigenvalue weighted by atomic mass is 19.1. The quantitative estimate of drug-likeness (QED) is 0.887. The number of para-hydroxylation sites is 1. The van der Waals surface area contributed by atoms with Gasteiger partial charge in [0.05, 0.1) is 12.1 Å². The van der Waals surface area contributed by atoms with E-state index in [1.807, 2.05) is 0 Å². The van der Waals surface area contributed by atoms with Crippen LogP contribution in [0.2, 0.25) is 0 Å². The fourth-order valence-electron chi connectivity index (χ4n) is 2.41. The van der Waals surface area contributed by atoms with Crippen molar-refractivity contribution < 1.29 is 18.4 Å². The van der Waals surface area contributed by atoms with Crippen LogP contribution in [0.25, 0.3) is 0 Å². The van der Waals surface area contributed by atoms with Crippen LogP contribution in [0.4, 0.5) is 20.2 Å². The van der Waals surface area contributed by atoms with E-state index < -0.39 is 29.5 Å². The molecule has 1 saturated heterocycles. The average molecular weight is 302 g/mol. The molecule has 1 aliphatic rings. The Kier molecular flexibility index (Phi) is 3.58. The van der Waals surface area contributed by atoms with Gasteiger partial charge in [-0.25, -0.2) is 13.7 Å².